The second kappa shape index (κ2) is 11.2. The van der Waals surface area contributed by atoms with E-state index in [4.69, 9.17) is 4.74 Å². The molecule has 39 heavy (non-hydrogen) atoms. The zero-order valence-corrected chi connectivity index (χ0v) is 22.0. The first-order chi connectivity index (χ1) is 19.2. The number of fused-ring (bicyclic) bond motifs is 2. The third-order valence-electron chi connectivity index (χ3n) is 7.17. The number of anilines is 2. The topological polar surface area (TPSA) is 102 Å². The quantitative estimate of drug-likeness (QED) is 0.304. The highest BCUT2D eigenvalue weighted by Crippen LogP contribution is 2.28. The lowest BCUT2D eigenvalue weighted by Crippen LogP contribution is -2.41. The molecule has 0 atom stereocenters. The second-order valence-corrected chi connectivity index (χ2v) is 9.67. The van der Waals surface area contributed by atoms with E-state index >= 15 is 0 Å². The summed E-state index contributed by atoms with van der Waals surface area (Å²) >= 11 is 0. The largest absolute Gasteiger partial charge is 0.379 e. The second-order valence-electron chi connectivity index (χ2n) is 9.67. The maximum absolute atomic E-state index is 13.1. The molecular formula is C29H32N8O2. The Morgan fingerprint density at radius 1 is 1.08 bits per heavy atom. The predicted molar refractivity (Wildman–Crippen MR) is 151 cm³/mol. The zero-order chi connectivity index (χ0) is 26.6. The lowest BCUT2D eigenvalue weighted by Gasteiger charge is -2.26. The summed E-state index contributed by atoms with van der Waals surface area (Å²) in [7, 11) is 0. The molecule has 0 spiro atoms. The SMILES string of the molecule is CCc1c(C(=O)NCCN2CCOCC2)cn2ncnc(Nc3ccc4c(cnn4Cc4ccccc4)c3)c12. The molecule has 5 aromatic rings. The van der Waals surface area contributed by atoms with Crippen LogP contribution in [0.5, 0.6) is 0 Å². The highest BCUT2D eigenvalue weighted by atomic mass is 16.5. The van der Waals surface area contributed by atoms with Gasteiger partial charge in [0.05, 0.1) is 37.0 Å². The van der Waals surface area contributed by atoms with Gasteiger partial charge in [0.15, 0.2) is 5.82 Å². The molecule has 0 unspecified atom stereocenters. The van der Waals surface area contributed by atoms with Crippen LogP contribution in [-0.2, 0) is 17.7 Å². The van der Waals surface area contributed by atoms with Crippen molar-refractivity contribution in [2.45, 2.75) is 19.9 Å². The Hall–Kier alpha value is -4.28. The number of carbonyl (C=O) groups excluding carboxylic acids is 1. The summed E-state index contributed by atoms with van der Waals surface area (Å²) in [6.07, 6.45) is 5.86. The van der Waals surface area contributed by atoms with Crippen molar-refractivity contribution in [1.29, 1.82) is 0 Å². The van der Waals surface area contributed by atoms with Crippen molar-refractivity contribution in [3.05, 3.63) is 83.9 Å². The number of hydrogen-bond donors (Lipinski definition) is 2. The average molecular weight is 525 g/mol. The normalized spacial score (nSPS) is 14.2. The van der Waals surface area contributed by atoms with Gasteiger partial charge in [0.2, 0.25) is 0 Å². The van der Waals surface area contributed by atoms with Crippen LogP contribution in [-0.4, -0.2) is 74.6 Å². The third-order valence-corrected chi connectivity index (χ3v) is 7.17. The van der Waals surface area contributed by atoms with Crippen LogP contribution in [0.15, 0.2) is 67.3 Å². The first-order valence-electron chi connectivity index (χ1n) is 13.4. The number of rotatable bonds is 9. The van der Waals surface area contributed by atoms with Crippen LogP contribution < -0.4 is 10.6 Å². The third kappa shape index (κ3) is 5.34. The zero-order valence-electron chi connectivity index (χ0n) is 22.0. The highest BCUT2D eigenvalue weighted by molar-refractivity contribution is 5.99. The van der Waals surface area contributed by atoms with Crippen LogP contribution in [0.1, 0.15) is 28.4 Å². The van der Waals surface area contributed by atoms with E-state index in [-0.39, 0.29) is 5.91 Å². The molecule has 10 heteroatoms. The fraction of sp³-hybridized carbons (Fsp3) is 0.310. The average Bonchev–Trinajstić information content (AvgIpc) is 3.55. The molecule has 1 aliphatic rings. The number of nitrogens with zero attached hydrogens (tertiary/aromatic N) is 6. The van der Waals surface area contributed by atoms with Gasteiger partial charge >= 0.3 is 0 Å². The molecule has 0 bridgehead atoms. The van der Waals surface area contributed by atoms with Crippen molar-refractivity contribution < 1.29 is 9.53 Å². The number of hydrogen-bond acceptors (Lipinski definition) is 7. The smallest absolute Gasteiger partial charge is 0.253 e. The van der Waals surface area contributed by atoms with E-state index in [2.05, 4.69) is 55.0 Å². The number of nitrogens with one attached hydrogen (secondary N) is 2. The monoisotopic (exact) mass is 524 g/mol. The molecule has 10 nitrogen and oxygen atoms in total. The molecule has 0 saturated carbocycles. The molecule has 1 amide bonds. The van der Waals surface area contributed by atoms with Crippen LogP contribution in [0.3, 0.4) is 0 Å². The summed E-state index contributed by atoms with van der Waals surface area (Å²) in [5.41, 5.74) is 5.50. The minimum absolute atomic E-state index is 0.0937. The molecule has 1 saturated heterocycles. The minimum atomic E-state index is -0.0937. The van der Waals surface area contributed by atoms with Crippen molar-refractivity contribution in [2.75, 3.05) is 44.7 Å². The molecule has 1 aliphatic heterocycles. The lowest BCUT2D eigenvalue weighted by molar-refractivity contribution is 0.0383. The number of aromatic nitrogens is 5. The van der Waals surface area contributed by atoms with Gasteiger partial charge in [-0.05, 0) is 35.7 Å². The summed E-state index contributed by atoms with van der Waals surface area (Å²) in [4.78, 5) is 20.0. The Morgan fingerprint density at radius 3 is 2.74 bits per heavy atom. The van der Waals surface area contributed by atoms with E-state index in [0.29, 0.717) is 30.9 Å². The summed E-state index contributed by atoms with van der Waals surface area (Å²) in [5, 5.41) is 16.6. The highest BCUT2D eigenvalue weighted by Gasteiger charge is 2.20. The van der Waals surface area contributed by atoms with Crippen LogP contribution in [0.4, 0.5) is 11.5 Å². The van der Waals surface area contributed by atoms with Gasteiger partial charge < -0.3 is 15.4 Å². The van der Waals surface area contributed by atoms with Crippen molar-refractivity contribution in [3.63, 3.8) is 0 Å². The van der Waals surface area contributed by atoms with Crippen molar-refractivity contribution in [3.8, 4) is 0 Å². The van der Waals surface area contributed by atoms with Crippen molar-refractivity contribution in [2.24, 2.45) is 0 Å². The lowest BCUT2D eigenvalue weighted by atomic mass is 10.1. The Bertz CT molecular complexity index is 1590. The number of ether oxygens (including phenoxy) is 1. The van der Waals surface area contributed by atoms with E-state index in [1.807, 2.05) is 42.1 Å². The first-order valence-corrected chi connectivity index (χ1v) is 13.4. The molecule has 1 fully saturated rings. The van der Waals surface area contributed by atoms with Crippen LogP contribution in [0.25, 0.3) is 16.4 Å². The Kier molecular flexibility index (Phi) is 7.20. The van der Waals surface area contributed by atoms with Crippen LogP contribution in [0, 0.1) is 0 Å². The number of carbonyl (C=O) groups is 1. The minimum Gasteiger partial charge on any atom is -0.379 e. The van der Waals surface area contributed by atoms with Gasteiger partial charge in [-0.25, -0.2) is 9.50 Å². The number of benzene rings is 2. The summed E-state index contributed by atoms with van der Waals surface area (Å²) in [5.74, 6) is 0.564. The van der Waals surface area contributed by atoms with E-state index < -0.39 is 0 Å². The molecule has 2 aromatic carbocycles. The molecule has 0 radical (unpaired) electrons. The van der Waals surface area contributed by atoms with Gasteiger partial charge in [0.25, 0.3) is 5.91 Å². The fourth-order valence-corrected chi connectivity index (χ4v) is 5.15. The van der Waals surface area contributed by atoms with Crippen molar-refractivity contribution in [1.82, 2.24) is 34.6 Å². The van der Waals surface area contributed by atoms with E-state index in [0.717, 1.165) is 60.5 Å². The number of aryl methyl sites for hydroxylation is 1. The van der Waals surface area contributed by atoms with E-state index in [1.165, 1.54) is 11.9 Å². The van der Waals surface area contributed by atoms with Gasteiger partial charge in [0, 0.05) is 43.4 Å². The summed E-state index contributed by atoms with van der Waals surface area (Å²) < 4.78 is 9.14. The van der Waals surface area contributed by atoms with Crippen LogP contribution >= 0.6 is 0 Å². The predicted octanol–water partition coefficient (Wildman–Crippen LogP) is 3.50. The maximum Gasteiger partial charge on any atom is 0.253 e. The summed E-state index contributed by atoms with van der Waals surface area (Å²) in [6.45, 7) is 7.44. The van der Waals surface area contributed by atoms with Crippen molar-refractivity contribution >= 4 is 33.8 Å². The molecular weight excluding hydrogens is 492 g/mol. The molecule has 3 aromatic heterocycles. The molecule has 6 rings (SSSR count). The molecule has 200 valence electrons. The number of morpholine rings is 1. The number of amides is 1. The van der Waals surface area contributed by atoms with Gasteiger partial charge in [-0.15, -0.1) is 0 Å². The Balaban J connectivity index is 1.21. The first kappa shape index (κ1) is 25.0. The van der Waals surface area contributed by atoms with Gasteiger partial charge in [-0.1, -0.05) is 37.3 Å². The molecule has 0 aliphatic carbocycles. The molecule has 2 N–H and O–H groups in total. The molecule has 4 heterocycles. The Labute approximate surface area is 226 Å². The standard InChI is InChI=1S/C29H32N8O2/c1-2-24-25(29(38)30-10-11-35-12-14-39-15-13-35)19-37-27(24)28(31-20-33-37)34-23-8-9-26-22(16-23)17-32-36(26)18-21-6-4-3-5-7-21/h3-9,16-17,19-20H,2,10-15,18H2,1H3,(H,30,38)(H,31,33,34). The van der Waals surface area contributed by atoms with Gasteiger partial charge in [0.1, 0.15) is 11.8 Å². The van der Waals surface area contributed by atoms with Gasteiger partial charge in [-0.2, -0.15) is 10.2 Å². The van der Waals surface area contributed by atoms with E-state index in [9.17, 15) is 4.79 Å². The van der Waals surface area contributed by atoms with Crippen LogP contribution in [0.2, 0.25) is 0 Å². The van der Waals surface area contributed by atoms with Gasteiger partial charge in [-0.3, -0.25) is 14.4 Å². The fourth-order valence-electron chi connectivity index (χ4n) is 5.15. The maximum atomic E-state index is 13.1. The van der Waals surface area contributed by atoms with E-state index in [1.54, 1.807) is 10.7 Å². The summed E-state index contributed by atoms with van der Waals surface area (Å²) in [6, 6.07) is 16.5. The Morgan fingerprint density at radius 2 is 1.92 bits per heavy atom.